The van der Waals surface area contributed by atoms with Crippen LogP contribution in [0.1, 0.15) is 34.8 Å². The number of carbonyl (C=O) groups is 1. The number of aryl methyl sites for hydroxylation is 1. The van der Waals surface area contributed by atoms with E-state index in [9.17, 15) is 4.79 Å². The molecule has 1 aliphatic heterocycles. The molecule has 5 nitrogen and oxygen atoms in total. The van der Waals surface area contributed by atoms with Gasteiger partial charge in [0.1, 0.15) is 12.1 Å². The summed E-state index contributed by atoms with van der Waals surface area (Å²) in [6, 6.07) is 13.8. The zero-order valence-electron chi connectivity index (χ0n) is 14.8. The molecule has 1 N–H and O–H groups in total. The van der Waals surface area contributed by atoms with Crippen molar-refractivity contribution in [2.75, 3.05) is 19.6 Å². The van der Waals surface area contributed by atoms with Gasteiger partial charge in [0, 0.05) is 23.4 Å². The Labute approximate surface area is 157 Å². The number of nitrogens with zero attached hydrogens (tertiary/aromatic N) is 3. The summed E-state index contributed by atoms with van der Waals surface area (Å²) in [7, 11) is 0. The Morgan fingerprint density at radius 1 is 1.19 bits per heavy atom. The Morgan fingerprint density at radius 2 is 1.92 bits per heavy atom. The minimum atomic E-state index is 0.178. The highest BCUT2D eigenvalue weighted by Gasteiger charge is 2.27. The van der Waals surface area contributed by atoms with Crippen molar-refractivity contribution in [2.45, 2.75) is 25.8 Å². The Morgan fingerprint density at radius 3 is 2.65 bits per heavy atom. The van der Waals surface area contributed by atoms with Crippen molar-refractivity contribution < 1.29 is 9.69 Å². The fourth-order valence-corrected chi connectivity index (χ4v) is 3.84. The third-order valence-electron chi connectivity index (χ3n) is 5.21. The lowest BCUT2D eigenvalue weighted by molar-refractivity contribution is -0.897. The van der Waals surface area contributed by atoms with E-state index in [-0.39, 0.29) is 5.78 Å². The number of hydrogen-bond acceptors (Lipinski definition) is 3. The summed E-state index contributed by atoms with van der Waals surface area (Å²) in [5.74, 6) is 0.178. The van der Waals surface area contributed by atoms with Crippen molar-refractivity contribution in [2.24, 2.45) is 0 Å². The second-order valence-corrected chi connectivity index (χ2v) is 7.55. The van der Waals surface area contributed by atoms with Crippen LogP contribution in [0.4, 0.5) is 0 Å². The number of halogens is 1. The van der Waals surface area contributed by atoms with E-state index in [4.69, 9.17) is 11.6 Å². The largest absolute Gasteiger partial charge is 0.328 e. The van der Waals surface area contributed by atoms with Gasteiger partial charge in [-0.05, 0) is 48.9 Å². The van der Waals surface area contributed by atoms with Crippen LogP contribution in [-0.4, -0.2) is 40.4 Å². The van der Waals surface area contributed by atoms with Crippen molar-refractivity contribution in [3.05, 3.63) is 58.6 Å². The van der Waals surface area contributed by atoms with Crippen LogP contribution in [0.25, 0.3) is 11.0 Å². The Hall–Kier alpha value is -2.24. The maximum atomic E-state index is 12.4. The fourth-order valence-electron chi connectivity index (χ4n) is 3.72. The van der Waals surface area contributed by atoms with E-state index in [0.29, 0.717) is 17.6 Å². The molecule has 0 aliphatic carbocycles. The van der Waals surface area contributed by atoms with Crippen LogP contribution < -0.4 is 4.90 Å². The highest BCUT2D eigenvalue weighted by Crippen LogP contribution is 2.22. The van der Waals surface area contributed by atoms with Gasteiger partial charge in [0.05, 0.1) is 24.6 Å². The van der Waals surface area contributed by atoms with Crippen molar-refractivity contribution in [1.82, 2.24) is 15.0 Å². The Kier molecular flexibility index (Phi) is 4.74. The number of piperidine rings is 1. The first-order valence-corrected chi connectivity index (χ1v) is 9.42. The summed E-state index contributed by atoms with van der Waals surface area (Å²) in [6.07, 6.45) is 2.02. The van der Waals surface area contributed by atoms with E-state index in [0.717, 1.165) is 42.5 Å². The first-order valence-electron chi connectivity index (χ1n) is 9.04. The van der Waals surface area contributed by atoms with Crippen molar-refractivity contribution in [3.8, 4) is 0 Å². The third-order valence-corrected chi connectivity index (χ3v) is 5.46. The first kappa shape index (κ1) is 17.2. The van der Waals surface area contributed by atoms with Gasteiger partial charge in [-0.2, -0.15) is 0 Å². The molecule has 0 bridgehead atoms. The molecule has 2 heterocycles. The van der Waals surface area contributed by atoms with Gasteiger partial charge < -0.3 is 4.90 Å². The SMILES string of the molecule is Cc1ccc2c(c1)nnn2C1CC[NH+](CC(=O)c2ccc(Cl)cc2)CC1. The molecule has 0 spiro atoms. The predicted octanol–water partition coefficient (Wildman–Crippen LogP) is 2.50. The van der Waals surface area contributed by atoms with Crippen LogP contribution in [0.3, 0.4) is 0 Å². The zero-order chi connectivity index (χ0) is 18.1. The van der Waals surface area contributed by atoms with Gasteiger partial charge in [0.25, 0.3) is 0 Å². The summed E-state index contributed by atoms with van der Waals surface area (Å²) in [4.78, 5) is 13.8. The lowest BCUT2D eigenvalue weighted by Gasteiger charge is -2.29. The number of ketones is 1. The van der Waals surface area contributed by atoms with Crippen molar-refractivity contribution >= 4 is 28.4 Å². The summed E-state index contributed by atoms with van der Waals surface area (Å²) in [6.45, 7) is 4.54. The van der Waals surface area contributed by atoms with Gasteiger partial charge in [-0.25, -0.2) is 4.68 Å². The number of carbonyl (C=O) groups excluding carboxylic acids is 1. The number of benzene rings is 2. The van der Waals surface area contributed by atoms with Gasteiger partial charge in [-0.15, -0.1) is 5.10 Å². The van der Waals surface area contributed by atoms with Gasteiger partial charge in [-0.3, -0.25) is 4.79 Å². The molecule has 26 heavy (non-hydrogen) atoms. The summed E-state index contributed by atoms with van der Waals surface area (Å²) >= 11 is 5.89. The normalized spacial score (nSPS) is 20.4. The molecule has 0 atom stereocenters. The van der Waals surface area contributed by atoms with Crippen LogP contribution in [-0.2, 0) is 0 Å². The minimum absolute atomic E-state index is 0.178. The molecule has 0 saturated carbocycles. The van der Waals surface area contributed by atoms with E-state index in [1.54, 1.807) is 24.3 Å². The number of nitrogens with one attached hydrogen (secondary N) is 1. The molecule has 1 aliphatic rings. The van der Waals surface area contributed by atoms with Crippen molar-refractivity contribution in [3.63, 3.8) is 0 Å². The van der Waals surface area contributed by atoms with Gasteiger partial charge >= 0.3 is 0 Å². The lowest BCUT2D eigenvalue weighted by atomic mass is 10.0. The van der Waals surface area contributed by atoms with E-state index in [2.05, 4.69) is 40.1 Å². The van der Waals surface area contributed by atoms with Crippen LogP contribution in [0.15, 0.2) is 42.5 Å². The lowest BCUT2D eigenvalue weighted by Crippen LogP contribution is -3.13. The first-order chi connectivity index (χ1) is 12.6. The average molecular weight is 370 g/mol. The van der Waals surface area contributed by atoms with E-state index < -0.39 is 0 Å². The second-order valence-electron chi connectivity index (χ2n) is 7.11. The molecular formula is C20H22ClN4O+. The predicted molar refractivity (Wildman–Crippen MR) is 102 cm³/mol. The number of rotatable bonds is 4. The molecule has 1 saturated heterocycles. The monoisotopic (exact) mass is 369 g/mol. The number of hydrogen-bond donors (Lipinski definition) is 1. The number of fused-ring (bicyclic) bond motifs is 1. The fraction of sp³-hybridized carbons (Fsp3) is 0.350. The summed E-state index contributed by atoms with van der Waals surface area (Å²) in [5, 5.41) is 9.35. The van der Waals surface area contributed by atoms with Gasteiger partial charge in [-0.1, -0.05) is 22.9 Å². The molecule has 0 unspecified atom stereocenters. The molecule has 3 aromatic rings. The van der Waals surface area contributed by atoms with Crippen LogP contribution >= 0.6 is 11.6 Å². The number of quaternary nitrogens is 1. The maximum absolute atomic E-state index is 12.4. The smallest absolute Gasteiger partial charge is 0.216 e. The quantitative estimate of drug-likeness (QED) is 0.719. The number of Topliss-reactive ketones (excluding diaryl/α,β-unsaturated/α-hetero) is 1. The van der Waals surface area contributed by atoms with Crippen LogP contribution in [0, 0.1) is 6.92 Å². The second kappa shape index (κ2) is 7.17. The molecule has 0 amide bonds. The number of likely N-dealkylation sites (tertiary alicyclic amines) is 1. The van der Waals surface area contributed by atoms with E-state index in [1.165, 1.54) is 10.5 Å². The maximum Gasteiger partial charge on any atom is 0.216 e. The highest BCUT2D eigenvalue weighted by molar-refractivity contribution is 6.30. The molecule has 4 rings (SSSR count). The summed E-state index contributed by atoms with van der Waals surface area (Å²) < 4.78 is 2.06. The minimum Gasteiger partial charge on any atom is -0.328 e. The van der Waals surface area contributed by atoms with Crippen LogP contribution in [0.5, 0.6) is 0 Å². The topological polar surface area (TPSA) is 52.2 Å². The molecule has 0 radical (unpaired) electrons. The zero-order valence-corrected chi connectivity index (χ0v) is 15.5. The molecule has 1 fully saturated rings. The molecule has 1 aromatic heterocycles. The van der Waals surface area contributed by atoms with Gasteiger partial charge in [0.2, 0.25) is 5.78 Å². The van der Waals surface area contributed by atoms with Gasteiger partial charge in [0.15, 0.2) is 0 Å². The molecule has 6 heteroatoms. The Bertz CT molecular complexity index is 927. The van der Waals surface area contributed by atoms with E-state index in [1.807, 2.05) is 0 Å². The Balaban J connectivity index is 1.39. The molecule has 2 aromatic carbocycles. The molecule has 134 valence electrons. The standard InChI is InChI=1S/C20H21ClN4O/c1-14-2-7-19-18(12-14)22-23-25(19)17-8-10-24(11-9-17)13-20(26)15-3-5-16(21)6-4-15/h2-7,12,17H,8-11,13H2,1H3/p+1. The molecular weight excluding hydrogens is 348 g/mol. The summed E-state index contributed by atoms with van der Waals surface area (Å²) in [5.41, 5.74) is 3.99. The average Bonchev–Trinajstić information content (AvgIpc) is 3.06. The highest BCUT2D eigenvalue weighted by atomic mass is 35.5. The number of aromatic nitrogens is 3. The van der Waals surface area contributed by atoms with Crippen LogP contribution in [0.2, 0.25) is 5.02 Å². The third kappa shape index (κ3) is 3.50. The van der Waals surface area contributed by atoms with E-state index >= 15 is 0 Å². The van der Waals surface area contributed by atoms with Crippen molar-refractivity contribution in [1.29, 1.82) is 0 Å².